The van der Waals surface area contributed by atoms with E-state index in [0.29, 0.717) is 17.5 Å². The SMILES string of the molecule is CC(C)(c1ccnc(-c2[c-]cc(F)nc2F)n1)c1ccnc(-n2[c-]cc(C(F)(F)F)n2)n1.[Pt+2]. The van der Waals surface area contributed by atoms with E-state index < -0.39 is 29.2 Å². The van der Waals surface area contributed by atoms with Gasteiger partial charge < -0.3 is 4.68 Å². The molecule has 0 saturated heterocycles. The maximum absolute atomic E-state index is 14.0. The molecule has 0 N–H and O–H groups in total. The van der Waals surface area contributed by atoms with E-state index in [1.807, 2.05) is 0 Å². The number of alkyl halides is 3. The Morgan fingerprint density at radius 3 is 2.18 bits per heavy atom. The van der Waals surface area contributed by atoms with Gasteiger partial charge in [0.1, 0.15) is 17.8 Å². The van der Waals surface area contributed by atoms with Crippen LogP contribution in [-0.4, -0.2) is 34.7 Å². The predicted octanol–water partition coefficient (Wildman–Crippen LogP) is 3.74. The molecule has 0 aliphatic heterocycles. The van der Waals surface area contributed by atoms with Crippen molar-refractivity contribution in [1.29, 1.82) is 0 Å². The van der Waals surface area contributed by atoms with E-state index in [2.05, 4.69) is 42.3 Å². The summed E-state index contributed by atoms with van der Waals surface area (Å²) < 4.78 is 66.4. The van der Waals surface area contributed by atoms with Gasteiger partial charge in [0.2, 0.25) is 0 Å². The van der Waals surface area contributed by atoms with E-state index in [4.69, 9.17) is 0 Å². The van der Waals surface area contributed by atoms with Crippen molar-refractivity contribution in [3.63, 3.8) is 0 Å². The first-order chi connectivity index (χ1) is 15.1. The zero-order chi connectivity index (χ0) is 23.1. The molecule has 0 aliphatic carbocycles. The molecule has 33 heavy (non-hydrogen) atoms. The second-order valence-corrected chi connectivity index (χ2v) is 7.09. The van der Waals surface area contributed by atoms with Gasteiger partial charge in [-0.25, -0.2) is 8.78 Å². The van der Waals surface area contributed by atoms with Crippen molar-refractivity contribution in [2.24, 2.45) is 0 Å². The van der Waals surface area contributed by atoms with Crippen molar-refractivity contribution >= 4 is 0 Å². The Morgan fingerprint density at radius 1 is 0.879 bits per heavy atom. The molecule has 4 aromatic rings. The second kappa shape index (κ2) is 9.01. The van der Waals surface area contributed by atoms with Crippen LogP contribution in [0.1, 0.15) is 30.9 Å². The molecule has 4 rings (SSSR count). The molecule has 0 unspecified atom stereocenters. The largest absolute Gasteiger partial charge is 2.00 e. The molecule has 4 aromatic heterocycles. The van der Waals surface area contributed by atoms with Gasteiger partial charge in [-0.3, -0.25) is 30.0 Å². The second-order valence-electron chi connectivity index (χ2n) is 7.09. The quantitative estimate of drug-likeness (QED) is 0.192. The van der Waals surface area contributed by atoms with Crippen LogP contribution in [0, 0.1) is 24.2 Å². The van der Waals surface area contributed by atoms with E-state index in [1.54, 1.807) is 26.0 Å². The number of aromatic nitrogens is 7. The molecule has 172 valence electrons. The number of pyridine rings is 1. The third-order valence-corrected chi connectivity index (χ3v) is 4.56. The number of rotatable bonds is 4. The first kappa shape index (κ1) is 24.5. The van der Waals surface area contributed by atoms with Gasteiger partial charge in [-0.15, -0.1) is 12.1 Å². The van der Waals surface area contributed by atoms with Crippen molar-refractivity contribution in [3.8, 4) is 17.3 Å². The van der Waals surface area contributed by atoms with Crippen molar-refractivity contribution in [2.45, 2.75) is 25.4 Å². The molecule has 0 spiro atoms. The molecule has 0 aromatic carbocycles. The Labute approximate surface area is 198 Å². The van der Waals surface area contributed by atoms with Crippen molar-refractivity contribution in [1.82, 2.24) is 34.7 Å². The summed E-state index contributed by atoms with van der Waals surface area (Å²) in [6.07, 6.45) is 0.459. The van der Waals surface area contributed by atoms with Crippen LogP contribution < -0.4 is 0 Å². The standard InChI is InChI=1S/C20H12F5N7.Pt/c1-19(2,12-5-8-26-17(28-12)11-3-4-15(21)30-16(11)22)13-6-9-27-18(29-13)32-10-7-14(31-32)20(23,24)25;/h4-9H,1-2H3;/q-2;+2. The summed E-state index contributed by atoms with van der Waals surface area (Å²) in [7, 11) is 0. The Morgan fingerprint density at radius 2 is 1.55 bits per heavy atom. The van der Waals surface area contributed by atoms with Crippen LogP contribution in [0.4, 0.5) is 22.0 Å². The number of halogens is 5. The normalized spacial score (nSPS) is 11.8. The molecule has 0 radical (unpaired) electrons. The van der Waals surface area contributed by atoms with Gasteiger partial charge in [-0.1, -0.05) is 17.8 Å². The topological polar surface area (TPSA) is 82.3 Å². The Balaban J connectivity index is 0.00000306. The molecular formula is C20H12F5N7Pt. The first-order valence-corrected chi connectivity index (χ1v) is 9.02. The van der Waals surface area contributed by atoms with Crippen molar-refractivity contribution in [3.05, 3.63) is 77.9 Å². The predicted molar refractivity (Wildman–Crippen MR) is 99.1 cm³/mol. The van der Waals surface area contributed by atoms with E-state index >= 15 is 0 Å². The summed E-state index contributed by atoms with van der Waals surface area (Å²) >= 11 is 0. The van der Waals surface area contributed by atoms with Gasteiger partial charge in [-0.05, 0) is 26.0 Å². The minimum Gasteiger partial charge on any atom is -0.328 e. The Kier molecular flexibility index (Phi) is 6.69. The van der Waals surface area contributed by atoms with Crippen LogP contribution in [0.3, 0.4) is 0 Å². The molecule has 0 atom stereocenters. The van der Waals surface area contributed by atoms with Gasteiger partial charge in [0.15, 0.2) is 0 Å². The van der Waals surface area contributed by atoms with Crippen LogP contribution >= 0.6 is 0 Å². The molecule has 0 aliphatic rings. The monoisotopic (exact) mass is 640 g/mol. The average Bonchev–Trinajstić information content (AvgIpc) is 3.25. The van der Waals surface area contributed by atoms with Crippen molar-refractivity contribution < 1.29 is 43.0 Å². The molecule has 0 amide bonds. The smallest absolute Gasteiger partial charge is 0.328 e. The fraction of sp³-hybridized carbons (Fsp3) is 0.200. The van der Waals surface area contributed by atoms with E-state index in [1.165, 1.54) is 12.4 Å². The fourth-order valence-corrected chi connectivity index (χ4v) is 2.82. The molecule has 0 bridgehead atoms. The number of hydrogen-bond donors (Lipinski definition) is 0. The summed E-state index contributed by atoms with van der Waals surface area (Å²) in [5.74, 6) is -2.33. The summed E-state index contributed by atoms with van der Waals surface area (Å²) in [5, 5.41) is 3.42. The zero-order valence-corrected chi connectivity index (χ0v) is 19.1. The summed E-state index contributed by atoms with van der Waals surface area (Å²) in [4.78, 5) is 19.7. The molecule has 0 saturated carbocycles. The van der Waals surface area contributed by atoms with Gasteiger partial charge in [0, 0.05) is 29.2 Å². The van der Waals surface area contributed by atoms with Gasteiger partial charge in [-0.2, -0.15) is 13.2 Å². The Hall–Kier alpha value is -3.14. The maximum Gasteiger partial charge on any atom is 2.00 e. The number of hydrogen-bond acceptors (Lipinski definition) is 6. The average molecular weight is 640 g/mol. The zero-order valence-electron chi connectivity index (χ0n) is 16.8. The van der Waals surface area contributed by atoms with Crippen LogP contribution in [-0.2, 0) is 32.7 Å². The van der Waals surface area contributed by atoms with Crippen LogP contribution in [0.15, 0.2) is 36.7 Å². The number of nitrogens with zero attached hydrogens (tertiary/aromatic N) is 7. The Bertz CT molecular complexity index is 1290. The van der Waals surface area contributed by atoms with Gasteiger partial charge in [0.25, 0.3) is 0 Å². The fourth-order valence-electron chi connectivity index (χ4n) is 2.82. The summed E-state index contributed by atoms with van der Waals surface area (Å²) in [6.45, 7) is 3.50. The van der Waals surface area contributed by atoms with Gasteiger partial charge in [0.05, 0.1) is 11.5 Å². The van der Waals surface area contributed by atoms with Crippen molar-refractivity contribution in [2.75, 3.05) is 0 Å². The molecular weight excluding hydrogens is 628 g/mol. The third kappa shape index (κ3) is 4.95. The van der Waals surface area contributed by atoms with Crippen LogP contribution in [0.5, 0.6) is 0 Å². The van der Waals surface area contributed by atoms with Crippen LogP contribution in [0.25, 0.3) is 17.3 Å². The third-order valence-electron chi connectivity index (χ3n) is 4.56. The maximum atomic E-state index is 14.0. The molecule has 4 heterocycles. The van der Waals surface area contributed by atoms with Gasteiger partial charge >= 0.3 is 27.2 Å². The summed E-state index contributed by atoms with van der Waals surface area (Å²) in [5.41, 5.74) is -1.44. The molecule has 0 fully saturated rings. The summed E-state index contributed by atoms with van der Waals surface area (Å²) in [6, 6.07) is 7.11. The minimum atomic E-state index is -4.63. The molecule has 7 nitrogen and oxygen atoms in total. The molecule has 13 heteroatoms. The van der Waals surface area contributed by atoms with E-state index in [0.717, 1.165) is 10.7 Å². The van der Waals surface area contributed by atoms with E-state index in [-0.39, 0.29) is 38.4 Å². The van der Waals surface area contributed by atoms with E-state index in [9.17, 15) is 22.0 Å². The first-order valence-electron chi connectivity index (χ1n) is 9.02. The minimum absolute atomic E-state index is 0. The van der Waals surface area contributed by atoms with Crippen LogP contribution in [0.2, 0.25) is 0 Å².